The first-order valence-corrected chi connectivity index (χ1v) is 6.80. The van der Waals surface area contributed by atoms with Crippen molar-refractivity contribution in [3.63, 3.8) is 0 Å². The molecule has 5 aromatic rings. The number of benzene rings is 1. The van der Waals surface area contributed by atoms with Crippen molar-refractivity contribution >= 4 is 38.2 Å². The van der Waals surface area contributed by atoms with E-state index in [1.165, 1.54) is 5.39 Å². The zero-order valence-corrected chi connectivity index (χ0v) is 11.1. The quantitative estimate of drug-likeness (QED) is 0.404. The number of hydrogen-bond donors (Lipinski definition) is 0. The summed E-state index contributed by atoms with van der Waals surface area (Å²) in [6, 6.07) is 12.3. The average Bonchev–Trinajstić information content (AvgIpc) is 3.04. The number of nitrogens with zero attached hydrogens (tertiary/aromatic N) is 4. The highest BCUT2D eigenvalue weighted by atomic mass is 15.0. The zero-order valence-electron chi connectivity index (χ0n) is 11.1. The maximum absolute atomic E-state index is 4.58. The first kappa shape index (κ1) is 10.7. The lowest BCUT2D eigenvalue weighted by Gasteiger charge is -2.09. The van der Waals surface area contributed by atoms with Crippen molar-refractivity contribution in [2.45, 2.75) is 0 Å². The van der Waals surface area contributed by atoms with Crippen LogP contribution in [0, 0.1) is 0 Å². The Hall–Kier alpha value is -3.01. The van der Waals surface area contributed by atoms with Crippen molar-refractivity contribution in [1.82, 2.24) is 19.4 Å². The average molecular weight is 270 g/mol. The van der Waals surface area contributed by atoms with Crippen molar-refractivity contribution < 1.29 is 0 Å². The van der Waals surface area contributed by atoms with Crippen molar-refractivity contribution in [3.05, 3.63) is 61.3 Å². The van der Waals surface area contributed by atoms with E-state index in [9.17, 15) is 0 Å². The molecule has 0 bridgehead atoms. The predicted octanol–water partition coefficient (Wildman–Crippen LogP) is 3.58. The van der Waals surface area contributed by atoms with Gasteiger partial charge in [-0.25, -0.2) is 9.97 Å². The smallest absolute Gasteiger partial charge is 0.146 e. The largest absolute Gasteiger partial charge is 0.282 e. The highest BCUT2D eigenvalue weighted by Crippen LogP contribution is 2.32. The molecule has 4 aromatic heterocycles. The van der Waals surface area contributed by atoms with E-state index in [4.69, 9.17) is 0 Å². The molecule has 98 valence electrons. The summed E-state index contributed by atoms with van der Waals surface area (Å²) in [6.07, 6.45) is 7.42. The second-order valence-corrected chi connectivity index (χ2v) is 5.09. The summed E-state index contributed by atoms with van der Waals surface area (Å²) in [5, 5.41) is 4.57. The van der Waals surface area contributed by atoms with Crippen molar-refractivity contribution in [1.29, 1.82) is 0 Å². The minimum atomic E-state index is 0.925. The van der Waals surface area contributed by atoms with E-state index in [2.05, 4.69) is 27.1 Å². The van der Waals surface area contributed by atoms with Crippen LogP contribution in [0.5, 0.6) is 0 Å². The molecule has 0 aliphatic rings. The molecule has 0 aliphatic carbocycles. The fourth-order valence-electron chi connectivity index (χ4n) is 3.07. The molecule has 5 rings (SSSR count). The predicted molar refractivity (Wildman–Crippen MR) is 83.3 cm³/mol. The Morgan fingerprint density at radius 1 is 0.810 bits per heavy atom. The first-order valence-electron chi connectivity index (χ1n) is 6.80. The summed E-state index contributed by atoms with van der Waals surface area (Å²) in [5.74, 6) is 0. The molecule has 0 radical (unpaired) electrons. The standard InChI is InChI=1S/C17H10N4/c1-2-6-14-11(4-1)16-12-5-3-7-19-17(12)21-10-18-9-15(21)13(16)8-20-14/h1-10H. The van der Waals surface area contributed by atoms with Crippen LogP contribution in [0.2, 0.25) is 0 Å². The molecule has 4 heterocycles. The number of pyridine rings is 3. The highest BCUT2D eigenvalue weighted by molar-refractivity contribution is 6.21. The number of para-hydroxylation sites is 1. The molecular formula is C17H10N4. The topological polar surface area (TPSA) is 43.1 Å². The Labute approximate surface area is 119 Å². The number of imidazole rings is 1. The van der Waals surface area contributed by atoms with Gasteiger partial charge in [-0.15, -0.1) is 0 Å². The molecule has 0 aliphatic heterocycles. The Balaban J connectivity index is 2.25. The third kappa shape index (κ3) is 1.31. The molecule has 0 N–H and O–H groups in total. The molecule has 0 fully saturated rings. The lowest BCUT2D eigenvalue weighted by Crippen LogP contribution is -1.93. The van der Waals surface area contributed by atoms with Crippen LogP contribution in [-0.4, -0.2) is 19.4 Å². The van der Waals surface area contributed by atoms with Crippen molar-refractivity contribution in [2.75, 3.05) is 0 Å². The van der Waals surface area contributed by atoms with Gasteiger partial charge < -0.3 is 0 Å². The van der Waals surface area contributed by atoms with Crippen LogP contribution >= 0.6 is 0 Å². The van der Waals surface area contributed by atoms with Gasteiger partial charge >= 0.3 is 0 Å². The van der Waals surface area contributed by atoms with E-state index in [0.717, 1.165) is 32.8 Å². The minimum absolute atomic E-state index is 0.925. The van der Waals surface area contributed by atoms with Crippen molar-refractivity contribution in [3.8, 4) is 0 Å². The van der Waals surface area contributed by atoms with Gasteiger partial charge in [0.1, 0.15) is 12.0 Å². The van der Waals surface area contributed by atoms with Crippen LogP contribution in [0.15, 0.2) is 61.3 Å². The lowest BCUT2D eigenvalue weighted by molar-refractivity contribution is 1.17. The number of hydrogen-bond acceptors (Lipinski definition) is 3. The van der Waals surface area contributed by atoms with E-state index >= 15 is 0 Å². The third-order valence-electron chi connectivity index (χ3n) is 3.97. The molecule has 0 spiro atoms. The van der Waals surface area contributed by atoms with Crippen LogP contribution in [0.4, 0.5) is 0 Å². The van der Waals surface area contributed by atoms with Crippen LogP contribution in [-0.2, 0) is 0 Å². The Kier molecular flexibility index (Phi) is 1.92. The molecular weight excluding hydrogens is 260 g/mol. The van der Waals surface area contributed by atoms with Crippen LogP contribution in [0.1, 0.15) is 0 Å². The van der Waals surface area contributed by atoms with Gasteiger partial charge in [0.05, 0.1) is 17.2 Å². The van der Waals surface area contributed by atoms with Gasteiger partial charge in [-0.2, -0.15) is 0 Å². The molecule has 0 amide bonds. The van der Waals surface area contributed by atoms with Gasteiger partial charge in [-0.05, 0) is 18.2 Å². The van der Waals surface area contributed by atoms with Gasteiger partial charge in [0.25, 0.3) is 0 Å². The Bertz CT molecular complexity index is 1140. The van der Waals surface area contributed by atoms with Crippen LogP contribution in [0.25, 0.3) is 38.2 Å². The first-order chi connectivity index (χ1) is 10.4. The Morgan fingerprint density at radius 3 is 2.71 bits per heavy atom. The minimum Gasteiger partial charge on any atom is -0.282 e. The summed E-state index contributed by atoms with van der Waals surface area (Å²) in [7, 11) is 0. The van der Waals surface area contributed by atoms with Crippen LogP contribution in [0.3, 0.4) is 0 Å². The third-order valence-corrected chi connectivity index (χ3v) is 3.97. The monoisotopic (exact) mass is 270 g/mol. The summed E-state index contributed by atoms with van der Waals surface area (Å²) < 4.78 is 2.02. The van der Waals surface area contributed by atoms with E-state index < -0.39 is 0 Å². The van der Waals surface area contributed by atoms with Gasteiger partial charge in [0, 0.05) is 33.9 Å². The molecule has 4 nitrogen and oxygen atoms in total. The van der Waals surface area contributed by atoms with E-state index in [1.807, 2.05) is 47.3 Å². The van der Waals surface area contributed by atoms with E-state index in [0.29, 0.717) is 0 Å². The number of aromatic nitrogens is 4. The van der Waals surface area contributed by atoms with E-state index in [1.54, 1.807) is 6.33 Å². The van der Waals surface area contributed by atoms with Crippen molar-refractivity contribution in [2.24, 2.45) is 0 Å². The maximum Gasteiger partial charge on any atom is 0.146 e. The normalized spacial score (nSPS) is 11.8. The van der Waals surface area contributed by atoms with Crippen LogP contribution < -0.4 is 0 Å². The molecule has 0 unspecified atom stereocenters. The highest BCUT2D eigenvalue weighted by Gasteiger charge is 2.12. The summed E-state index contributed by atoms with van der Waals surface area (Å²) in [4.78, 5) is 13.4. The molecule has 0 atom stereocenters. The maximum atomic E-state index is 4.58. The lowest BCUT2D eigenvalue weighted by atomic mass is 10.0. The molecule has 0 saturated carbocycles. The second kappa shape index (κ2) is 3.76. The van der Waals surface area contributed by atoms with E-state index in [-0.39, 0.29) is 0 Å². The Morgan fingerprint density at radius 2 is 1.71 bits per heavy atom. The molecule has 1 aromatic carbocycles. The number of rotatable bonds is 0. The van der Waals surface area contributed by atoms with Gasteiger partial charge in [0.2, 0.25) is 0 Å². The summed E-state index contributed by atoms with van der Waals surface area (Å²) >= 11 is 0. The van der Waals surface area contributed by atoms with Gasteiger partial charge in [-0.1, -0.05) is 18.2 Å². The molecule has 21 heavy (non-hydrogen) atoms. The molecule has 4 heteroatoms. The fraction of sp³-hybridized carbons (Fsp3) is 0. The van der Waals surface area contributed by atoms with Gasteiger partial charge in [-0.3, -0.25) is 9.38 Å². The second-order valence-electron chi connectivity index (χ2n) is 5.09. The van der Waals surface area contributed by atoms with Gasteiger partial charge in [0.15, 0.2) is 0 Å². The SMILES string of the molecule is c1ccc2c(c1)ncc1c2c2cccnc2n2cncc12. The number of fused-ring (bicyclic) bond motifs is 8. The summed E-state index contributed by atoms with van der Waals surface area (Å²) in [5.41, 5.74) is 2.96. The molecule has 0 saturated heterocycles. The zero-order chi connectivity index (χ0) is 13.8. The fourth-order valence-corrected chi connectivity index (χ4v) is 3.07. The summed E-state index contributed by atoms with van der Waals surface area (Å²) in [6.45, 7) is 0.